The molecule has 0 heterocycles. The molecule has 4 nitrogen and oxygen atoms in total. The largest absolute Gasteiger partial charge is 0.466 e. The van der Waals surface area contributed by atoms with E-state index in [0.717, 1.165) is 25.7 Å². The zero-order valence-corrected chi connectivity index (χ0v) is 18.0. The van der Waals surface area contributed by atoms with E-state index in [1.54, 1.807) is 0 Å². The lowest BCUT2D eigenvalue weighted by Gasteiger charge is -2.12. The van der Waals surface area contributed by atoms with Gasteiger partial charge in [-0.1, -0.05) is 84.2 Å². The van der Waals surface area contributed by atoms with Crippen LogP contribution in [0.4, 0.5) is 0 Å². The second kappa shape index (κ2) is 12.1. The molecule has 146 valence electrons. The molecule has 9 heteroatoms. The number of carbonyl (C=O) groups excluding carboxylic acids is 2. The Hall–Kier alpha value is -0.390. The molecule has 0 radical (unpaired) electrons. The highest BCUT2D eigenvalue weighted by molar-refractivity contribution is 6.55. The zero-order valence-electron chi connectivity index (χ0n) is 14.2. The molecule has 0 saturated heterocycles. The van der Waals surface area contributed by atoms with Gasteiger partial charge in [-0.15, -0.1) is 0 Å². The normalized spacial score (nSPS) is 10.7. The maximum Gasteiger partial charge on any atom is 0.311 e. The first kappa shape index (κ1) is 23.6. The van der Waals surface area contributed by atoms with Gasteiger partial charge in [-0.3, -0.25) is 9.59 Å². The molecule has 1 aromatic carbocycles. The van der Waals surface area contributed by atoms with Crippen molar-refractivity contribution in [3.05, 3.63) is 25.1 Å². The van der Waals surface area contributed by atoms with Crippen LogP contribution in [-0.4, -0.2) is 18.5 Å². The number of esters is 2. The summed E-state index contributed by atoms with van der Waals surface area (Å²) in [5, 5.41) is -0.351. The quantitative estimate of drug-likeness (QED) is 0.121. The van der Waals surface area contributed by atoms with Crippen LogP contribution in [0.25, 0.3) is 0 Å². The van der Waals surface area contributed by atoms with Crippen molar-refractivity contribution in [3.63, 3.8) is 0 Å². The van der Waals surface area contributed by atoms with Gasteiger partial charge in [0, 0.05) is 12.8 Å². The number of carbonyl (C=O) groups is 2. The van der Waals surface area contributed by atoms with Crippen molar-refractivity contribution in [3.8, 4) is 5.75 Å². The molecule has 0 aliphatic heterocycles. The van der Waals surface area contributed by atoms with Crippen molar-refractivity contribution in [1.82, 2.24) is 0 Å². The number of hydrogen-bond acceptors (Lipinski definition) is 4. The van der Waals surface area contributed by atoms with E-state index in [4.69, 9.17) is 67.5 Å². The van der Waals surface area contributed by atoms with Crippen LogP contribution in [-0.2, 0) is 14.3 Å². The predicted molar refractivity (Wildman–Crippen MR) is 106 cm³/mol. The minimum atomic E-state index is -0.626. The Morgan fingerprint density at radius 2 is 1.27 bits per heavy atom. The monoisotopic (exact) mass is 462 g/mol. The topological polar surface area (TPSA) is 52.6 Å². The maximum absolute atomic E-state index is 11.9. The third-order valence-electron chi connectivity index (χ3n) is 3.41. The number of unbranched alkanes of at least 4 members (excludes halogenated alkanes) is 3. The van der Waals surface area contributed by atoms with E-state index in [1.165, 1.54) is 0 Å². The molecule has 0 atom stereocenters. The standard InChI is InChI=1S/C17H19Cl5O4/c1-2-3-4-5-9-25-10(23)7-6-8-11(24)26-17-15(21)13(19)12(18)14(20)16(17)22/h2-9H2,1H3. The summed E-state index contributed by atoms with van der Waals surface area (Å²) in [5.74, 6) is -1.13. The smallest absolute Gasteiger partial charge is 0.311 e. The fraction of sp³-hybridized carbons (Fsp3) is 0.529. The summed E-state index contributed by atoms with van der Waals surface area (Å²) in [4.78, 5) is 23.5. The fourth-order valence-electron chi connectivity index (χ4n) is 2.00. The van der Waals surface area contributed by atoms with E-state index in [-0.39, 0.29) is 56.1 Å². The Kier molecular flexibility index (Phi) is 11.0. The minimum Gasteiger partial charge on any atom is -0.466 e. The van der Waals surface area contributed by atoms with Crippen molar-refractivity contribution in [2.75, 3.05) is 6.61 Å². The van der Waals surface area contributed by atoms with Crippen LogP contribution in [0, 0.1) is 0 Å². The summed E-state index contributed by atoms with van der Waals surface area (Å²) in [5.41, 5.74) is 0. The van der Waals surface area contributed by atoms with Crippen LogP contribution in [0.1, 0.15) is 51.9 Å². The number of hydrogen-bond donors (Lipinski definition) is 0. The van der Waals surface area contributed by atoms with E-state index in [0.29, 0.717) is 6.61 Å². The van der Waals surface area contributed by atoms with Crippen LogP contribution < -0.4 is 4.74 Å². The second-order valence-electron chi connectivity index (χ2n) is 5.51. The molecule has 1 rings (SSSR count). The molecule has 0 aromatic heterocycles. The molecule has 0 saturated carbocycles. The van der Waals surface area contributed by atoms with Gasteiger partial charge < -0.3 is 9.47 Å². The van der Waals surface area contributed by atoms with Crippen molar-refractivity contribution < 1.29 is 19.1 Å². The highest BCUT2D eigenvalue weighted by Gasteiger charge is 2.22. The third kappa shape index (κ3) is 7.32. The molecule has 0 bridgehead atoms. The Balaban J connectivity index is 2.43. The molecule has 0 spiro atoms. The van der Waals surface area contributed by atoms with E-state index >= 15 is 0 Å². The summed E-state index contributed by atoms with van der Waals surface area (Å²) in [6.07, 6.45) is 4.49. The van der Waals surface area contributed by atoms with E-state index < -0.39 is 5.97 Å². The lowest BCUT2D eigenvalue weighted by Crippen LogP contribution is -2.11. The molecule has 1 aromatic rings. The van der Waals surface area contributed by atoms with Crippen molar-refractivity contribution >= 4 is 69.9 Å². The molecule has 0 fully saturated rings. The van der Waals surface area contributed by atoms with Gasteiger partial charge in [0.05, 0.1) is 21.7 Å². The van der Waals surface area contributed by atoms with Crippen LogP contribution in [0.15, 0.2) is 0 Å². The third-order valence-corrected chi connectivity index (χ3v) is 5.65. The number of benzene rings is 1. The Morgan fingerprint density at radius 1 is 0.731 bits per heavy atom. The average molecular weight is 465 g/mol. The first-order valence-corrected chi connectivity index (χ1v) is 10.1. The van der Waals surface area contributed by atoms with E-state index in [9.17, 15) is 9.59 Å². The second-order valence-corrected chi connectivity index (χ2v) is 7.40. The van der Waals surface area contributed by atoms with Gasteiger partial charge in [-0.2, -0.15) is 0 Å². The van der Waals surface area contributed by atoms with Crippen molar-refractivity contribution in [2.24, 2.45) is 0 Å². The van der Waals surface area contributed by atoms with Gasteiger partial charge in [0.2, 0.25) is 0 Å². The molecule has 0 N–H and O–H groups in total. The SMILES string of the molecule is CCCCCCOC(=O)CCCC(=O)Oc1c(Cl)c(Cl)c(Cl)c(Cl)c1Cl. The maximum atomic E-state index is 11.9. The Labute approximate surface area is 178 Å². The molecule has 0 amide bonds. The van der Waals surface area contributed by atoms with Gasteiger partial charge in [0.15, 0.2) is 5.75 Å². The first-order chi connectivity index (χ1) is 12.3. The number of rotatable bonds is 10. The minimum absolute atomic E-state index is 0.0184. The number of halogens is 5. The summed E-state index contributed by atoms with van der Waals surface area (Å²) in [6, 6.07) is 0. The van der Waals surface area contributed by atoms with Crippen LogP contribution in [0.5, 0.6) is 5.75 Å². The molecular weight excluding hydrogens is 445 g/mol. The van der Waals surface area contributed by atoms with Crippen LogP contribution in [0.3, 0.4) is 0 Å². The molecule has 0 aliphatic rings. The summed E-state index contributed by atoms with van der Waals surface area (Å²) >= 11 is 29.7. The first-order valence-electron chi connectivity index (χ1n) is 8.17. The van der Waals surface area contributed by atoms with Gasteiger partial charge in [-0.25, -0.2) is 0 Å². The van der Waals surface area contributed by atoms with E-state index in [1.807, 2.05) is 0 Å². The Bertz CT molecular complexity index is 620. The molecule has 26 heavy (non-hydrogen) atoms. The van der Waals surface area contributed by atoms with E-state index in [2.05, 4.69) is 6.92 Å². The van der Waals surface area contributed by atoms with Crippen molar-refractivity contribution in [2.45, 2.75) is 51.9 Å². The molecule has 0 aliphatic carbocycles. The lowest BCUT2D eigenvalue weighted by molar-refractivity contribution is -0.144. The van der Waals surface area contributed by atoms with Crippen LogP contribution >= 0.6 is 58.0 Å². The van der Waals surface area contributed by atoms with Gasteiger partial charge in [-0.05, 0) is 12.8 Å². The van der Waals surface area contributed by atoms with Gasteiger partial charge >= 0.3 is 11.9 Å². The summed E-state index contributed by atoms with van der Waals surface area (Å²) < 4.78 is 10.2. The average Bonchev–Trinajstić information content (AvgIpc) is 2.62. The predicted octanol–water partition coefficient (Wildman–Crippen LogP) is 7.15. The molecular formula is C17H19Cl5O4. The van der Waals surface area contributed by atoms with Gasteiger partial charge in [0.25, 0.3) is 0 Å². The molecule has 0 unspecified atom stereocenters. The lowest BCUT2D eigenvalue weighted by atomic mass is 10.2. The summed E-state index contributed by atoms with van der Waals surface area (Å²) in [6.45, 7) is 2.51. The zero-order chi connectivity index (χ0) is 19.7. The van der Waals surface area contributed by atoms with Crippen molar-refractivity contribution in [1.29, 1.82) is 0 Å². The number of ether oxygens (including phenoxy) is 2. The Morgan fingerprint density at radius 3 is 1.85 bits per heavy atom. The van der Waals surface area contributed by atoms with Gasteiger partial charge in [0.1, 0.15) is 10.0 Å². The van der Waals surface area contributed by atoms with Crippen LogP contribution in [0.2, 0.25) is 25.1 Å². The fourth-order valence-corrected chi connectivity index (χ4v) is 3.20. The highest BCUT2D eigenvalue weighted by Crippen LogP contribution is 2.48. The summed E-state index contributed by atoms with van der Waals surface area (Å²) in [7, 11) is 0. The highest BCUT2D eigenvalue weighted by atomic mass is 35.5.